The van der Waals surface area contributed by atoms with Crippen molar-refractivity contribution in [2.45, 2.75) is 19.9 Å². The molecule has 0 saturated carbocycles. The van der Waals surface area contributed by atoms with Crippen molar-refractivity contribution in [2.75, 3.05) is 7.11 Å². The Morgan fingerprint density at radius 1 is 0.786 bits per heavy atom. The molecule has 0 saturated heterocycles. The van der Waals surface area contributed by atoms with Crippen molar-refractivity contribution in [3.8, 4) is 5.75 Å². The van der Waals surface area contributed by atoms with Gasteiger partial charge in [-0.25, -0.2) is 9.38 Å². The number of benzene rings is 3. The Kier molecular flexibility index (Phi) is 6.33. The van der Waals surface area contributed by atoms with Gasteiger partial charge in [0.05, 0.1) is 24.2 Å². The highest BCUT2D eigenvalue weighted by Crippen LogP contribution is 2.21. The maximum Gasteiger partial charge on any atom is 0.123 e. The summed E-state index contributed by atoms with van der Waals surface area (Å²) in [6.45, 7) is 4.03. The minimum absolute atomic E-state index is 0.0600. The number of aliphatic imine (C=N–C) groups is 2. The maximum absolute atomic E-state index is 13.5. The molecule has 4 heteroatoms. The maximum atomic E-state index is 13.5. The van der Waals surface area contributed by atoms with Crippen LogP contribution in [0.15, 0.2) is 88.8 Å². The Morgan fingerprint density at radius 2 is 1.39 bits per heavy atom. The highest BCUT2D eigenvalue weighted by molar-refractivity contribution is 6.54. The SMILES string of the molecule is COc1ccc(N=C(C(=NC(C)C)c2ccc(F)cc2)c2ccccc2)cc1. The minimum Gasteiger partial charge on any atom is -0.497 e. The third-order valence-corrected chi connectivity index (χ3v) is 4.09. The third kappa shape index (κ3) is 4.92. The van der Waals surface area contributed by atoms with Gasteiger partial charge < -0.3 is 4.74 Å². The van der Waals surface area contributed by atoms with E-state index in [1.165, 1.54) is 12.1 Å². The number of rotatable bonds is 6. The summed E-state index contributed by atoms with van der Waals surface area (Å²) in [7, 11) is 1.63. The van der Waals surface area contributed by atoms with E-state index in [1.54, 1.807) is 19.2 Å². The molecule has 3 aromatic rings. The predicted molar refractivity (Wildman–Crippen MR) is 114 cm³/mol. The van der Waals surface area contributed by atoms with E-state index in [0.29, 0.717) is 0 Å². The number of methoxy groups -OCH3 is 1. The molecule has 3 nitrogen and oxygen atoms in total. The lowest BCUT2D eigenvalue weighted by Crippen LogP contribution is -2.19. The molecule has 0 atom stereocenters. The molecule has 0 aromatic heterocycles. The average molecular weight is 374 g/mol. The van der Waals surface area contributed by atoms with Crippen LogP contribution in [0, 0.1) is 5.82 Å². The fourth-order valence-corrected chi connectivity index (χ4v) is 2.77. The van der Waals surface area contributed by atoms with E-state index in [9.17, 15) is 4.39 Å². The molecule has 3 rings (SSSR count). The largest absolute Gasteiger partial charge is 0.497 e. The summed E-state index contributed by atoms with van der Waals surface area (Å²) in [4.78, 5) is 9.72. The van der Waals surface area contributed by atoms with Gasteiger partial charge in [0.15, 0.2) is 0 Å². The van der Waals surface area contributed by atoms with Crippen molar-refractivity contribution < 1.29 is 9.13 Å². The first-order chi connectivity index (χ1) is 13.6. The standard InChI is InChI=1S/C24H23FN2O/c1-17(2)26-23(19-9-11-20(25)12-10-19)24(18-7-5-4-6-8-18)27-21-13-15-22(28-3)16-14-21/h4-17H,1-3H3. The Balaban J connectivity index is 2.17. The quantitative estimate of drug-likeness (QED) is 0.498. The minimum atomic E-state index is -0.277. The van der Waals surface area contributed by atoms with Crippen LogP contribution in [0.25, 0.3) is 0 Å². The van der Waals surface area contributed by atoms with Gasteiger partial charge in [-0.3, -0.25) is 4.99 Å². The number of hydrogen-bond donors (Lipinski definition) is 0. The van der Waals surface area contributed by atoms with E-state index in [0.717, 1.165) is 34.0 Å². The number of halogens is 1. The van der Waals surface area contributed by atoms with Crippen molar-refractivity contribution in [1.82, 2.24) is 0 Å². The fraction of sp³-hybridized carbons (Fsp3) is 0.167. The predicted octanol–water partition coefficient (Wildman–Crippen LogP) is 5.85. The molecule has 0 unspecified atom stereocenters. The number of ether oxygens (including phenoxy) is 1. The Hall–Kier alpha value is -3.27. The lowest BCUT2D eigenvalue weighted by molar-refractivity contribution is 0.415. The van der Waals surface area contributed by atoms with Gasteiger partial charge in [0.25, 0.3) is 0 Å². The van der Waals surface area contributed by atoms with Crippen LogP contribution in [0.1, 0.15) is 25.0 Å². The molecule has 0 heterocycles. The van der Waals surface area contributed by atoms with Gasteiger partial charge >= 0.3 is 0 Å². The summed E-state index contributed by atoms with van der Waals surface area (Å²) >= 11 is 0. The Labute approximate surface area is 165 Å². The molecule has 0 aliphatic heterocycles. The summed E-state index contributed by atoms with van der Waals surface area (Å²) in [5.41, 5.74) is 4.04. The molecule has 0 bridgehead atoms. The van der Waals surface area contributed by atoms with Gasteiger partial charge in [-0.05, 0) is 62.4 Å². The fourth-order valence-electron chi connectivity index (χ4n) is 2.77. The molecule has 28 heavy (non-hydrogen) atoms. The van der Waals surface area contributed by atoms with E-state index in [4.69, 9.17) is 14.7 Å². The van der Waals surface area contributed by atoms with Crippen LogP contribution < -0.4 is 4.74 Å². The second-order valence-electron chi connectivity index (χ2n) is 6.60. The smallest absolute Gasteiger partial charge is 0.123 e. The van der Waals surface area contributed by atoms with Crippen LogP contribution in [-0.2, 0) is 0 Å². The van der Waals surface area contributed by atoms with Crippen molar-refractivity contribution in [3.63, 3.8) is 0 Å². The molecule has 3 aromatic carbocycles. The molecule has 0 amide bonds. The van der Waals surface area contributed by atoms with Crippen LogP contribution in [-0.4, -0.2) is 24.6 Å². The van der Waals surface area contributed by atoms with Crippen molar-refractivity contribution in [3.05, 3.63) is 95.8 Å². The summed E-state index contributed by atoms with van der Waals surface area (Å²) in [5, 5.41) is 0. The Bertz CT molecular complexity index is 960. The zero-order chi connectivity index (χ0) is 19.9. The first-order valence-corrected chi connectivity index (χ1v) is 9.19. The van der Waals surface area contributed by atoms with E-state index in [1.807, 2.05) is 68.4 Å². The molecule has 0 N–H and O–H groups in total. The normalized spacial score (nSPS) is 12.3. The van der Waals surface area contributed by atoms with E-state index in [2.05, 4.69) is 0 Å². The second-order valence-corrected chi connectivity index (χ2v) is 6.60. The van der Waals surface area contributed by atoms with E-state index >= 15 is 0 Å². The van der Waals surface area contributed by atoms with E-state index < -0.39 is 0 Å². The van der Waals surface area contributed by atoms with Gasteiger partial charge in [-0.2, -0.15) is 0 Å². The first-order valence-electron chi connectivity index (χ1n) is 9.19. The average Bonchev–Trinajstić information content (AvgIpc) is 2.72. The molecule has 142 valence electrons. The molecular formula is C24H23FN2O. The topological polar surface area (TPSA) is 34.0 Å². The lowest BCUT2D eigenvalue weighted by atomic mass is 9.99. The van der Waals surface area contributed by atoms with Crippen molar-refractivity contribution in [1.29, 1.82) is 0 Å². The highest BCUT2D eigenvalue weighted by Gasteiger charge is 2.15. The van der Waals surface area contributed by atoms with Crippen molar-refractivity contribution in [2.24, 2.45) is 9.98 Å². The molecule has 0 aliphatic carbocycles. The van der Waals surface area contributed by atoms with Gasteiger partial charge in [0.1, 0.15) is 11.6 Å². The van der Waals surface area contributed by atoms with Gasteiger partial charge in [0.2, 0.25) is 0 Å². The van der Waals surface area contributed by atoms with E-state index in [-0.39, 0.29) is 11.9 Å². The first kappa shape index (κ1) is 19.5. The summed E-state index contributed by atoms with van der Waals surface area (Å²) in [6.07, 6.45) is 0. The van der Waals surface area contributed by atoms with Crippen LogP contribution in [0.2, 0.25) is 0 Å². The highest BCUT2D eigenvalue weighted by atomic mass is 19.1. The van der Waals surface area contributed by atoms with Crippen LogP contribution in [0.3, 0.4) is 0 Å². The molecule has 0 fully saturated rings. The molecule has 0 aliphatic rings. The zero-order valence-corrected chi connectivity index (χ0v) is 16.3. The summed E-state index contributed by atoms with van der Waals surface area (Å²) < 4.78 is 18.7. The molecule has 0 spiro atoms. The monoisotopic (exact) mass is 374 g/mol. The number of hydrogen-bond acceptors (Lipinski definition) is 3. The lowest BCUT2D eigenvalue weighted by Gasteiger charge is -2.13. The number of nitrogens with zero attached hydrogens (tertiary/aromatic N) is 2. The zero-order valence-electron chi connectivity index (χ0n) is 16.3. The molecule has 0 radical (unpaired) electrons. The van der Waals surface area contributed by atoms with Crippen LogP contribution >= 0.6 is 0 Å². The van der Waals surface area contributed by atoms with Crippen LogP contribution in [0.4, 0.5) is 10.1 Å². The summed E-state index contributed by atoms with van der Waals surface area (Å²) in [6, 6.07) is 23.9. The van der Waals surface area contributed by atoms with Crippen molar-refractivity contribution >= 4 is 17.1 Å². The van der Waals surface area contributed by atoms with Gasteiger partial charge in [-0.1, -0.05) is 30.3 Å². The van der Waals surface area contributed by atoms with Gasteiger partial charge in [0, 0.05) is 17.2 Å². The third-order valence-electron chi connectivity index (χ3n) is 4.09. The Morgan fingerprint density at radius 3 is 1.96 bits per heavy atom. The van der Waals surface area contributed by atoms with Gasteiger partial charge in [-0.15, -0.1) is 0 Å². The second kappa shape index (κ2) is 9.09. The molecular weight excluding hydrogens is 351 g/mol. The van der Waals surface area contributed by atoms with Crippen LogP contribution in [0.5, 0.6) is 5.75 Å². The summed E-state index contributed by atoms with van der Waals surface area (Å²) in [5.74, 6) is 0.496.